The van der Waals surface area contributed by atoms with Crippen LogP contribution in [0.3, 0.4) is 0 Å². The van der Waals surface area contributed by atoms with Crippen LogP contribution < -0.4 is 31.4 Å². The largest absolute Gasteiger partial charge is 0.508 e. The Morgan fingerprint density at radius 3 is 1.72 bits per heavy atom. The number of aromatic hydroxyl groups is 2. The van der Waals surface area contributed by atoms with Crippen molar-refractivity contribution in [2.24, 2.45) is 5.92 Å². The van der Waals surface area contributed by atoms with Crippen LogP contribution >= 0.6 is 24.4 Å². The topological polar surface area (TPSA) is 421 Å². The Hall–Kier alpha value is -8.98. The van der Waals surface area contributed by atoms with Crippen LogP contribution in [0.25, 0.3) is 33.4 Å². The summed E-state index contributed by atoms with van der Waals surface area (Å²) in [7, 11) is 0. The van der Waals surface area contributed by atoms with Gasteiger partial charge in [-0.25, -0.2) is 9.59 Å². The first-order chi connectivity index (χ1) is 45.5. The average molecular weight is 1350 g/mol. The van der Waals surface area contributed by atoms with Crippen molar-refractivity contribution in [1.29, 1.82) is 0 Å². The fraction of sp³-hybridized carbons (Fsp3) is 0.364. The van der Waals surface area contributed by atoms with Crippen LogP contribution in [-0.2, 0) is 38.1 Å². The lowest BCUT2D eigenvalue weighted by atomic mass is 9.74. The molecule has 0 bridgehead atoms. The molecule has 12 atom stereocenters. The van der Waals surface area contributed by atoms with Crippen molar-refractivity contribution in [2.45, 2.75) is 119 Å². The molecular formula is C66H68N4O23S2. The van der Waals surface area contributed by atoms with Crippen LogP contribution in [0.4, 0.5) is 11.4 Å². The minimum absolute atomic E-state index is 0.0223. The van der Waals surface area contributed by atoms with Gasteiger partial charge in [0.25, 0.3) is 0 Å². The summed E-state index contributed by atoms with van der Waals surface area (Å²) >= 11 is 10.9. The third-order valence-corrected chi connectivity index (χ3v) is 16.9. The van der Waals surface area contributed by atoms with Crippen molar-refractivity contribution < 1.29 is 108 Å². The van der Waals surface area contributed by atoms with Gasteiger partial charge in [-0.05, 0) is 122 Å². The molecule has 4 aromatic carbocycles. The maximum atomic E-state index is 12.8. The molecular weight excluding hydrogens is 1280 g/mol. The number of hydrogen-bond acceptors (Lipinski definition) is 23. The zero-order valence-electron chi connectivity index (χ0n) is 50.4. The van der Waals surface area contributed by atoms with E-state index in [-0.39, 0.29) is 68.2 Å². The number of fused-ring (bicyclic) bond motifs is 4. The number of anilines is 2. The van der Waals surface area contributed by atoms with E-state index < -0.39 is 110 Å². The molecule has 2 aliphatic carbocycles. The highest BCUT2D eigenvalue weighted by atomic mass is 32.1. The number of hydrogen-bond donors (Lipinski definition) is 14. The molecule has 4 heterocycles. The molecule has 29 heteroatoms. The number of allylic oxidation sites excluding steroid dienone is 3. The fourth-order valence-corrected chi connectivity index (χ4v) is 12.1. The van der Waals surface area contributed by atoms with Gasteiger partial charge < -0.3 is 105 Å². The number of aromatic carboxylic acids is 2. The molecule has 0 aromatic heterocycles. The third-order valence-electron chi connectivity index (χ3n) is 16.4. The zero-order chi connectivity index (χ0) is 67.8. The number of ketones is 1. The lowest BCUT2D eigenvalue weighted by molar-refractivity contribution is -0.376. The second-order valence-corrected chi connectivity index (χ2v) is 23.9. The molecule has 27 nitrogen and oxygen atoms in total. The number of rotatable bonds is 24. The van der Waals surface area contributed by atoms with Gasteiger partial charge >= 0.3 is 23.9 Å². The number of carboxylic acids is 2. The normalized spacial score (nSPS) is 23.7. The number of unbranched alkanes of at least 4 members (excludes halogenated alkanes) is 4. The molecule has 0 spiro atoms. The standard InChI is InChI=1S/C66H68N4O23S2/c71-33-11-17-39-45(25-33)89-46-26-34(72)12-18-40(46)53(39)37-15-9-31(23-43(37)61(83)84)69-65(94)67-21-5-1-3-7-51(75)87-29-49-55(77)57(79)59(81)63(91-49)93-64-60(82)58(80)56(78)50(92-64)30-88-52(76)8-4-2-6-22-68-66(95)70-32-10-16-38(44(24-32)62(85)86)54-41-19-13-35(73)27-47(41)90-48-28-36(74)14-20-42(48)54/h9-20,23-28,39,49-50,53,55-60,63-64,72-73,77-82H,1-8,21-22,29-30H2,(H,83,84)(H,85,86)(H2,67,69,94)(H2,68,70,95)/t39?,49-,50-,53?,55-,56-,57+,58+,59-,60-,63-,64-/m1/s1. The number of carbonyl (C=O) groups excluding carboxylic acids is 3. The van der Waals surface area contributed by atoms with E-state index in [1.54, 1.807) is 48.5 Å². The number of carboxylic acid groups (broad SMARTS) is 2. The minimum atomic E-state index is -1.95. The van der Waals surface area contributed by atoms with Gasteiger partial charge in [0.2, 0.25) is 0 Å². The number of phenols is 2. The van der Waals surface area contributed by atoms with Crippen LogP contribution in [0.15, 0.2) is 124 Å². The summed E-state index contributed by atoms with van der Waals surface area (Å²) < 4.78 is 39.4. The van der Waals surface area contributed by atoms with Crippen LogP contribution in [0, 0.1) is 5.92 Å². The van der Waals surface area contributed by atoms with Crippen LogP contribution in [0.1, 0.15) is 89.1 Å². The number of benzene rings is 5. The van der Waals surface area contributed by atoms with Gasteiger partial charge in [0.05, 0.1) is 11.1 Å². The van der Waals surface area contributed by atoms with Crippen molar-refractivity contribution in [2.75, 3.05) is 36.9 Å². The summed E-state index contributed by atoms with van der Waals surface area (Å²) in [4.78, 5) is 75.3. The monoisotopic (exact) mass is 1350 g/mol. The van der Waals surface area contributed by atoms with E-state index >= 15 is 0 Å². The molecule has 502 valence electrons. The molecule has 4 aliphatic heterocycles. The predicted molar refractivity (Wildman–Crippen MR) is 345 cm³/mol. The van der Waals surface area contributed by atoms with Crippen molar-refractivity contribution >= 4 is 86.7 Å². The number of esters is 2. The number of thiocarbonyl (C=S) groups is 2. The van der Waals surface area contributed by atoms with E-state index in [0.29, 0.717) is 108 Å². The zero-order valence-corrected chi connectivity index (χ0v) is 52.0. The molecule has 6 aliphatic rings. The van der Waals surface area contributed by atoms with E-state index in [4.69, 9.17) is 57.3 Å². The second-order valence-electron chi connectivity index (χ2n) is 23.0. The average Bonchev–Trinajstić information content (AvgIpc) is 0.758. The summed E-state index contributed by atoms with van der Waals surface area (Å²) in [5.41, 5.74) is 2.94. The first-order valence-corrected chi connectivity index (χ1v) is 31.2. The summed E-state index contributed by atoms with van der Waals surface area (Å²) in [6, 6.07) is 22.6. The number of aliphatic hydroxyl groups excluding tert-OH is 6. The summed E-state index contributed by atoms with van der Waals surface area (Å²) in [6.45, 7) is -0.469. The van der Waals surface area contributed by atoms with E-state index in [1.165, 1.54) is 60.7 Å². The molecule has 4 aromatic rings. The summed E-state index contributed by atoms with van der Waals surface area (Å²) in [5.74, 6) is -4.47. The molecule has 2 unspecified atom stereocenters. The number of ether oxygens (including phenoxy) is 6. The summed E-state index contributed by atoms with van der Waals surface area (Å²) in [6.07, 6.45) is -10.8. The van der Waals surface area contributed by atoms with Gasteiger partial charge in [-0.2, -0.15) is 0 Å². The Labute approximate surface area is 551 Å². The van der Waals surface area contributed by atoms with Crippen molar-refractivity contribution in [1.82, 2.24) is 10.6 Å². The molecule has 2 saturated heterocycles. The quantitative estimate of drug-likeness (QED) is 0.0170. The molecule has 0 saturated carbocycles. The SMILES string of the molecule is O=C1C=CC2C(=C1)Oc1cc(O)ccc1C2c1ccc(NC(=S)NCCCCCC(=O)OC[C@H]2O[C@H](O[C@H]3O[C@H](COC(=O)CCCCCNC(=S)Nc4ccc(-c5c6ccc(=O)cc-6oc6cc(O)ccc56)c(C(=O)O)c4)[C@@H](O)[C@H](O)[C@H]3O)[C@H](O)[C@@H](O)[C@@H]2O)cc1C(=O)O. The molecule has 95 heavy (non-hydrogen) atoms. The van der Waals surface area contributed by atoms with Crippen LogP contribution in [-0.4, -0.2) is 179 Å². The summed E-state index contributed by atoms with van der Waals surface area (Å²) in [5, 5.41) is 118. The predicted octanol–water partition coefficient (Wildman–Crippen LogP) is 4.65. The van der Waals surface area contributed by atoms with Crippen molar-refractivity contribution in [3.63, 3.8) is 0 Å². The van der Waals surface area contributed by atoms with Gasteiger partial charge in [-0.1, -0.05) is 37.1 Å². The molecule has 10 rings (SSSR count). The molecule has 14 N–H and O–H groups in total. The van der Waals surface area contributed by atoms with E-state index in [1.807, 2.05) is 0 Å². The first kappa shape index (κ1) is 68.9. The number of nitrogens with one attached hydrogen (secondary N) is 4. The number of carbonyl (C=O) groups is 5. The van der Waals surface area contributed by atoms with Gasteiger partial charge in [0, 0.05) is 95.5 Å². The van der Waals surface area contributed by atoms with E-state index in [0.717, 1.165) is 0 Å². The van der Waals surface area contributed by atoms with Gasteiger partial charge in [0.1, 0.15) is 96.4 Å². The van der Waals surface area contributed by atoms with Crippen molar-refractivity contribution in [3.05, 3.63) is 147 Å². The highest BCUT2D eigenvalue weighted by Crippen LogP contribution is 2.49. The number of aliphatic hydroxyl groups is 6. The smallest absolute Gasteiger partial charge is 0.336 e. The highest BCUT2D eigenvalue weighted by Gasteiger charge is 2.50. The lowest BCUT2D eigenvalue weighted by Crippen LogP contribution is -2.64. The maximum absolute atomic E-state index is 12.8. The Bertz CT molecular complexity index is 3990. The molecule has 0 radical (unpaired) electrons. The Morgan fingerprint density at radius 2 is 1.12 bits per heavy atom. The van der Waals surface area contributed by atoms with Crippen molar-refractivity contribution in [3.8, 4) is 39.7 Å². The van der Waals surface area contributed by atoms with Gasteiger partial charge in [0.15, 0.2) is 34.0 Å². The lowest BCUT2D eigenvalue weighted by Gasteiger charge is -2.44. The molecule has 0 amide bonds. The first-order valence-electron chi connectivity index (χ1n) is 30.4. The fourth-order valence-electron chi connectivity index (χ4n) is 11.6. The minimum Gasteiger partial charge on any atom is -0.508 e. The Kier molecular flexibility index (Phi) is 22.2. The maximum Gasteiger partial charge on any atom is 0.336 e. The van der Waals surface area contributed by atoms with E-state index in [9.17, 15) is 79.8 Å². The van der Waals surface area contributed by atoms with Gasteiger partial charge in [-0.3, -0.25) is 19.2 Å². The van der Waals surface area contributed by atoms with E-state index in [2.05, 4.69) is 21.3 Å². The van der Waals surface area contributed by atoms with Crippen LogP contribution in [0.5, 0.6) is 17.2 Å². The van der Waals surface area contributed by atoms with Gasteiger partial charge in [-0.15, -0.1) is 0 Å². The number of phenolic OH excluding ortho intramolecular Hbond substituents is 2. The highest BCUT2D eigenvalue weighted by molar-refractivity contribution is 7.80. The molecule has 2 fully saturated rings. The third kappa shape index (κ3) is 16.4. The Morgan fingerprint density at radius 1 is 0.568 bits per heavy atom. The Balaban J connectivity index is 0.616. The second kappa shape index (κ2) is 30.6. The van der Waals surface area contributed by atoms with Crippen LogP contribution in [0.2, 0.25) is 0 Å².